The molecule has 0 aromatic carbocycles. The molecule has 2 unspecified atom stereocenters. The quantitative estimate of drug-likeness (QED) is 0.797. The fourth-order valence-electron chi connectivity index (χ4n) is 1.89. The molecule has 5 nitrogen and oxygen atoms in total. The molecular formula is C9H14N2O3S. The largest absolute Gasteiger partial charge is 0.393 e. The molecule has 1 fully saturated rings. The number of rotatable bonds is 2. The molecule has 84 valence electrons. The summed E-state index contributed by atoms with van der Waals surface area (Å²) in [6.07, 6.45) is 6.06. The third-order valence-corrected chi connectivity index (χ3v) is 3.82. The van der Waals surface area contributed by atoms with E-state index in [2.05, 4.69) is 5.10 Å². The van der Waals surface area contributed by atoms with Crippen LogP contribution in [0.25, 0.3) is 0 Å². The van der Waals surface area contributed by atoms with E-state index in [1.54, 1.807) is 4.68 Å². The second-order valence-corrected chi connectivity index (χ2v) is 6.06. The molecule has 2 atom stereocenters. The lowest BCUT2D eigenvalue weighted by molar-refractivity contribution is 0.177. The first-order valence-corrected chi connectivity index (χ1v) is 6.78. The Balaban J connectivity index is 2.21. The van der Waals surface area contributed by atoms with Crippen LogP contribution in [0.1, 0.15) is 25.3 Å². The Morgan fingerprint density at radius 1 is 1.53 bits per heavy atom. The summed E-state index contributed by atoms with van der Waals surface area (Å²) in [6, 6.07) is 0.135. The van der Waals surface area contributed by atoms with E-state index in [-0.39, 0.29) is 17.0 Å². The van der Waals surface area contributed by atoms with Crippen molar-refractivity contribution in [3.05, 3.63) is 12.4 Å². The molecular weight excluding hydrogens is 216 g/mol. The van der Waals surface area contributed by atoms with Crippen molar-refractivity contribution in [2.24, 2.45) is 0 Å². The smallest absolute Gasteiger partial charge is 0.178 e. The Morgan fingerprint density at radius 3 is 2.73 bits per heavy atom. The minimum absolute atomic E-state index is 0.135. The Morgan fingerprint density at radius 2 is 2.27 bits per heavy atom. The first kappa shape index (κ1) is 10.6. The van der Waals surface area contributed by atoms with Crippen molar-refractivity contribution in [1.82, 2.24) is 9.78 Å². The van der Waals surface area contributed by atoms with Crippen molar-refractivity contribution in [2.75, 3.05) is 6.26 Å². The van der Waals surface area contributed by atoms with Crippen molar-refractivity contribution < 1.29 is 13.5 Å². The third-order valence-electron chi connectivity index (χ3n) is 2.76. The number of aliphatic hydroxyl groups excluding tert-OH is 1. The lowest BCUT2D eigenvalue weighted by Crippen LogP contribution is -2.07. The van der Waals surface area contributed by atoms with Crippen molar-refractivity contribution in [1.29, 1.82) is 0 Å². The average molecular weight is 230 g/mol. The second-order valence-electron chi connectivity index (χ2n) is 4.05. The van der Waals surface area contributed by atoms with Gasteiger partial charge in [0.15, 0.2) is 9.84 Å². The first-order chi connectivity index (χ1) is 6.97. The molecule has 1 N–H and O–H groups in total. The van der Waals surface area contributed by atoms with Crippen LogP contribution in [0.4, 0.5) is 0 Å². The first-order valence-electron chi connectivity index (χ1n) is 4.89. The van der Waals surface area contributed by atoms with E-state index in [9.17, 15) is 13.5 Å². The van der Waals surface area contributed by atoms with Gasteiger partial charge in [-0.2, -0.15) is 5.10 Å². The van der Waals surface area contributed by atoms with Crippen LogP contribution < -0.4 is 0 Å². The predicted octanol–water partition coefficient (Wildman–Crippen LogP) is 0.372. The van der Waals surface area contributed by atoms with E-state index in [1.165, 1.54) is 12.4 Å². The molecule has 1 heterocycles. The molecule has 0 spiro atoms. The topological polar surface area (TPSA) is 72.2 Å². The van der Waals surface area contributed by atoms with Crippen LogP contribution >= 0.6 is 0 Å². The van der Waals surface area contributed by atoms with Crippen LogP contribution in [0.3, 0.4) is 0 Å². The highest BCUT2D eigenvalue weighted by Crippen LogP contribution is 2.29. The molecule has 15 heavy (non-hydrogen) atoms. The highest BCUT2D eigenvalue weighted by Gasteiger charge is 2.25. The van der Waals surface area contributed by atoms with E-state index in [0.29, 0.717) is 6.42 Å². The molecule has 0 aliphatic heterocycles. The molecule has 0 amide bonds. The minimum atomic E-state index is -3.17. The van der Waals surface area contributed by atoms with E-state index >= 15 is 0 Å². The van der Waals surface area contributed by atoms with Gasteiger partial charge in [-0.15, -0.1) is 0 Å². The number of hydrogen-bond acceptors (Lipinski definition) is 4. The van der Waals surface area contributed by atoms with Crippen molar-refractivity contribution >= 4 is 9.84 Å². The highest BCUT2D eigenvalue weighted by atomic mass is 32.2. The SMILES string of the molecule is CS(=O)(=O)c1cnn(C2CCC(O)C2)c1. The van der Waals surface area contributed by atoms with E-state index in [1.807, 2.05) is 0 Å². The zero-order chi connectivity index (χ0) is 11.1. The van der Waals surface area contributed by atoms with Gasteiger partial charge in [0.1, 0.15) is 4.90 Å². The Labute approximate surface area is 88.6 Å². The van der Waals surface area contributed by atoms with Crippen LogP contribution in [0.2, 0.25) is 0 Å². The molecule has 0 saturated heterocycles. The molecule has 1 aromatic rings. The maximum absolute atomic E-state index is 11.2. The summed E-state index contributed by atoms with van der Waals surface area (Å²) in [6.45, 7) is 0. The van der Waals surface area contributed by atoms with Gasteiger partial charge in [-0.3, -0.25) is 4.68 Å². The fourth-order valence-corrected chi connectivity index (χ4v) is 2.42. The number of aliphatic hydroxyl groups is 1. The molecule has 0 radical (unpaired) electrons. The summed E-state index contributed by atoms with van der Waals surface area (Å²) in [7, 11) is -3.17. The normalized spacial score (nSPS) is 27.1. The Bertz CT molecular complexity index is 452. The van der Waals surface area contributed by atoms with Gasteiger partial charge in [-0.25, -0.2) is 8.42 Å². The Hall–Kier alpha value is -0.880. The van der Waals surface area contributed by atoms with Crippen LogP contribution in [0, 0.1) is 0 Å². The van der Waals surface area contributed by atoms with Gasteiger partial charge < -0.3 is 5.11 Å². The van der Waals surface area contributed by atoms with E-state index in [0.717, 1.165) is 19.1 Å². The van der Waals surface area contributed by atoms with Crippen LogP contribution in [0.5, 0.6) is 0 Å². The van der Waals surface area contributed by atoms with Crippen LogP contribution in [-0.4, -0.2) is 35.7 Å². The number of sulfone groups is 1. The standard InChI is InChI=1S/C9H14N2O3S/c1-15(13,14)9-5-10-11(6-9)7-2-3-8(12)4-7/h5-8,12H,2-4H2,1H3. The van der Waals surface area contributed by atoms with Gasteiger partial charge in [0.05, 0.1) is 18.3 Å². The average Bonchev–Trinajstić information content (AvgIpc) is 2.69. The fraction of sp³-hybridized carbons (Fsp3) is 0.667. The lowest BCUT2D eigenvalue weighted by atomic mass is 10.2. The summed E-state index contributed by atoms with van der Waals surface area (Å²) in [4.78, 5) is 0.240. The van der Waals surface area contributed by atoms with Crippen LogP contribution in [0.15, 0.2) is 17.3 Å². The van der Waals surface area contributed by atoms with Crippen LogP contribution in [-0.2, 0) is 9.84 Å². The monoisotopic (exact) mass is 230 g/mol. The molecule has 1 aliphatic carbocycles. The van der Waals surface area contributed by atoms with Gasteiger partial charge in [-0.1, -0.05) is 0 Å². The van der Waals surface area contributed by atoms with Gasteiger partial charge in [0.25, 0.3) is 0 Å². The summed E-state index contributed by atoms with van der Waals surface area (Å²) in [5.41, 5.74) is 0. The predicted molar refractivity (Wildman–Crippen MR) is 54.2 cm³/mol. The summed E-state index contributed by atoms with van der Waals surface area (Å²) < 4.78 is 24.1. The van der Waals surface area contributed by atoms with Crippen molar-refractivity contribution in [3.8, 4) is 0 Å². The zero-order valence-corrected chi connectivity index (χ0v) is 9.31. The molecule has 1 aromatic heterocycles. The van der Waals surface area contributed by atoms with Gasteiger partial charge in [0, 0.05) is 12.5 Å². The van der Waals surface area contributed by atoms with Crippen molar-refractivity contribution in [3.63, 3.8) is 0 Å². The summed E-state index contributed by atoms with van der Waals surface area (Å²) in [5, 5.41) is 13.4. The maximum atomic E-state index is 11.2. The maximum Gasteiger partial charge on any atom is 0.178 e. The minimum Gasteiger partial charge on any atom is -0.393 e. The number of hydrogen-bond donors (Lipinski definition) is 1. The van der Waals surface area contributed by atoms with Crippen molar-refractivity contribution in [2.45, 2.75) is 36.3 Å². The molecule has 6 heteroatoms. The molecule has 2 rings (SSSR count). The third kappa shape index (κ3) is 2.21. The van der Waals surface area contributed by atoms with Gasteiger partial charge in [0.2, 0.25) is 0 Å². The Kier molecular flexibility index (Phi) is 2.56. The zero-order valence-electron chi connectivity index (χ0n) is 8.50. The van der Waals surface area contributed by atoms with E-state index in [4.69, 9.17) is 0 Å². The second kappa shape index (κ2) is 3.61. The molecule has 1 aliphatic rings. The van der Waals surface area contributed by atoms with E-state index < -0.39 is 9.84 Å². The highest BCUT2D eigenvalue weighted by molar-refractivity contribution is 7.90. The summed E-state index contributed by atoms with van der Waals surface area (Å²) >= 11 is 0. The lowest BCUT2D eigenvalue weighted by Gasteiger charge is -2.08. The van der Waals surface area contributed by atoms with Gasteiger partial charge >= 0.3 is 0 Å². The summed E-state index contributed by atoms with van der Waals surface area (Å²) in [5.74, 6) is 0. The number of aromatic nitrogens is 2. The molecule has 0 bridgehead atoms. The number of nitrogens with zero attached hydrogens (tertiary/aromatic N) is 2. The molecule has 1 saturated carbocycles. The van der Waals surface area contributed by atoms with Gasteiger partial charge in [-0.05, 0) is 19.3 Å².